The molecule has 96 valence electrons. The molecule has 2 rings (SSSR count). The number of aromatic nitrogens is 2. The third-order valence-corrected chi connectivity index (χ3v) is 4.45. The fourth-order valence-electron chi connectivity index (χ4n) is 1.67. The van der Waals surface area contributed by atoms with Gasteiger partial charge < -0.3 is 5.32 Å². The maximum absolute atomic E-state index is 4.35. The van der Waals surface area contributed by atoms with E-state index in [4.69, 9.17) is 0 Å². The molecule has 0 bridgehead atoms. The molecular weight excluding hydrogens is 262 g/mol. The molecule has 0 saturated heterocycles. The van der Waals surface area contributed by atoms with Crippen LogP contribution in [0.3, 0.4) is 0 Å². The SMILES string of the molecule is CCNC(C)c1ccc(Sc2nc(C)ns2)cc1. The standard InChI is InChI=1S/C13H17N3S2/c1-4-14-9(2)11-5-7-12(8-6-11)17-13-15-10(3)16-18-13/h5-9,14H,4H2,1-3H3. The first-order valence-corrected chi connectivity index (χ1v) is 7.59. The van der Waals surface area contributed by atoms with Crippen molar-refractivity contribution in [3.05, 3.63) is 35.7 Å². The van der Waals surface area contributed by atoms with Gasteiger partial charge >= 0.3 is 0 Å². The van der Waals surface area contributed by atoms with Crippen LogP contribution in [0.15, 0.2) is 33.5 Å². The highest BCUT2D eigenvalue weighted by molar-refractivity contribution is 8.01. The van der Waals surface area contributed by atoms with Crippen LogP contribution in [0.5, 0.6) is 0 Å². The fraction of sp³-hybridized carbons (Fsp3) is 0.385. The minimum absolute atomic E-state index is 0.401. The second kappa shape index (κ2) is 6.31. The molecule has 5 heteroatoms. The number of hydrogen-bond donors (Lipinski definition) is 1. The topological polar surface area (TPSA) is 37.8 Å². The van der Waals surface area contributed by atoms with Gasteiger partial charge in [0.25, 0.3) is 0 Å². The van der Waals surface area contributed by atoms with Crippen LogP contribution in [0, 0.1) is 6.92 Å². The van der Waals surface area contributed by atoms with Gasteiger partial charge in [0.15, 0.2) is 4.34 Å². The van der Waals surface area contributed by atoms with Crippen molar-refractivity contribution >= 4 is 23.3 Å². The molecule has 1 aromatic heterocycles. The number of rotatable bonds is 5. The highest BCUT2D eigenvalue weighted by Gasteiger charge is 2.05. The summed E-state index contributed by atoms with van der Waals surface area (Å²) >= 11 is 3.12. The number of hydrogen-bond acceptors (Lipinski definition) is 5. The van der Waals surface area contributed by atoms with Gasteiger partial charge in [0, 0.05) is 10.9 Å². The first-order valence-electron chi connectivity index (χ1n) is 6.00. The van der Waals surface area contributed by atoms with Crippen LogP contribution in [0.4, 0.5) is 0 Å². The van der Waals surface area contributed by atoms with Crippen LogP contribution in [0.25, 0.3) is 0 Å². The maximum atomic E-state index is 4.35. The molecule has 1 atom stereocenters. The molecule has 1 unspecified atom stereocenters. The van der Waals surface area contributed by atoms with Gasteiger partial charge in [-0.3, -0.25) is 0 Å². The van der Waals surface area contributed by atoms with Crippen LogP contribution in [0.1, 0.15) is 31.3 Å². The Kier molecular flexibility index (Phi) is 4.74. The predicted octanol–water partition coefficient (Wildman–Crippen LogP) is 3.67. The average molecular weight is 279 g/mol. The molecule has 0 radical (unpaired) electrons. The highest BCUT2D eigenvalue weighted by Crippen LogP contribution is 2.29. The van der Waals surface area contributed by atoms with E-state index in [1.807, 2.05) is 6.92 Å². The lowest BCUT2D eigenvalue weighted by atomic mass is 10.1. The van der Waals surface area contributed by atoms with E-state index in [0.29, 0.717) is 6.04 Å². The Bertz CT molecular complexity index is 493. The Hall–Kier alpha value is -0.910. The zero-order valence-corrected chi connectivity index (χ0v) is 12.4. The Labute approximate surface area is 116 Å². The van der Waals surface area contributed by atoms with Gasteiger partial charge in [0.1, 0.15) is 5.82 Å². The van der Waals surface area contributed by atoms with E-state index in [1.54, 1.807) is 11.8 Å². The smallest absolute Gasteiger partial charge is 0.174 e. The minimum atomic E-state index is 0.401. The highest BCUT2D eigenvalue weighted by atomic mass is 32.2. The number of nitrogens with one attached hydrogen (secondary N) is 1. The summed E-state index contributed by atoms with van der Waals surface area (Å²) in [4.78, 5) is 5.56. The molecule has 18 heavy (non-hydrogen) atoms. The van der Waals surface area contributed by atoms with Crippen molar-refractivity contribution in [2.75, 3.05) is 6.54 Å². The first-order chi connectivity index (χ1) is 8.69. The molecule has 1 N–H and O–H groups in total. The molecule has 1 heterocycles. The lowest BCUT2D eigenvalue weighted by Gasteiger charge is -2.12. The van der Waals surface area contributed by atoms with Crippen molar-refractivity contribution < 1.29 is 0 Å². The molecule has 3 nitrogen and oxygen atoms in total. The van der Waals surface area contributed by atoms with Gasteiger partial charge in [-0.2, -0.15) is 4.37 Å². The zero-order chi connectivity index (χ0) is 13.0. The molecule has 0 spiro atoms. The van der Waals surface area contributed by atoms with Gasteiger partial charge in [-0.25, -0.2) is 4.98 Å². The van der Waals surface area contributed by atoms with E-state index in [2.05, 4.69) is 52.8 Å². The van der Waals surface area contributed by atoms with Gasteiger partial charge in [-0.05, 0) is 49.6 Å². The lowest BCUT2D eigenvalue weighted by Crippen LogP contribution is -2.17. The number of aryl methyl sites for hydroxylation is 1. The molecule has 1 aromatic carbocycles. The predicted molar refractivity (Wildman–Crippen MR) is 77.3 cm³/mol. The zero-order valence-electron chi connectivity index (χ0n) is 10.8. The molecule has 0 fully saturated rings. The van der Waals surface area contributed by atoms with E-state index < -0.39 is 0 Å². The van der Waals surface area contributed by atoms with E-state index in [0.717, 1.165) is 16.7 Å². The van der Waals surface area contributed by atoms with Crippen LogP contribution in [0.2, 0.25) is 0 Å². The van der Waals surface area contributed by atoms with E-state index in [-0.39, 0.29) is 0 Å². The van der Waals surface area contributed by atoms with E-state index >= 15 is 0 Å². The lowest BCUT2D eigenvalue weighted by molar-refractivity contribution is 0.598. The van der Waals surface area contributed by atoms with Crippen LogP contribution in [-0.4, -0.2) is 15.9 Å². The molecule has 0 aliphatic heterocycles. The molecule has 0 aliphatic rings. The summed E-state index contributed by atoms with van der Waals surface area (Å²) in [6.07, 6.45) is 0. The summed E-state index contributed by atoms with van der Waals surface area (Å²) in [7, 11) is 0. The third-order valence-electron chi connectivity index (χ3n) is 2.60. The van der Waals surface area contributed by atoms with E-state index in [1.165, 1.54) is 22.0 Å². The van der Waals surface area contributed by atoms with Crippen molar-refractivity contribution in [3.8, 4) is 0 Å². The Morgan fingerprint density at radius 2 is 2.06 bits per heavy atom. The van der Waals surface area contributed by atoms with Crippen molar-refractivity contribution in [1.29, 1.82) is 0 Å². The molecular formula is C13H17N3S2. The van der Waals surface area contributed by atoms with Gasteiger partial charge in [-0.15, -0.1) is 0 Å². The van der Waals surface area contributed by atoms with Crippen LogP contribution < -0.4 is 5.32 Å². The van der Waals surface area contributed by atoms with Gasteiger partial charge in [-0.1, -0.05) is 30.8 Å². The van der Waals surface area contributed by atoms with Crippen molar-refractivity contribution in [2.24, 2.45) is 0 Å². The fourth-order valence-corrected chi connectivity index (χ4v) is 3.29. The quantitative estimate of drug-likeness (QED) is 0.906. The summed E-state index contributed by atoms with van der Waals surface area (Å²) in [5, 5.41) is 3.41. The van der Waals surface area contributed by atoms with Gasteiger partial charge in [0.2, 0.25) is 0 Å². The average Bonchev–Trinajstić information content (AvgIpc) is 2.76. The molecule has 0 aliphatic carbocycles. The van der Waals surface area contributed by atoms with E-state index in [9.17, 15) is 0 Å². The summed E-state index contributed by atoms with van der Waals surface area (Å²) < 4.78 is 5.18. The molecule has 2 aromatic rings. The number of benzene rings is 1. The Morgan fingerprint density at radius 3 is 2.61 bits per heavy atom. The first kappa shape index (κ1) is 13.5. The monoisotopic (exact) mass is 279 g/mol. The van der Waals surface area contributed by atoms with Crippen LogP contribution in [-0.2, 0) is 0 Å². The summed E-state index contributed by atoms with van der Waals surface area (Å²) in [5.74, 6) is 0.847. The molecule has 0 saturated carbocycles. The summed E-state index contributed by atoms with van der Waals surface area (Å²) in [5.41, 5.74) is 1.31. The Balaban J connectivity index is 2.03. The van der Waals surface area contributed by atoms with Crippen molar-refractivity contribution in [2.45, 2.75) is 36.0 Å². The van der Waals surface area contributed by atoms with Crippen molar-refractivity contribution in [1.82, 2.24) is 14.7 Å². The van der Waals surface area contributed by atoms with Crippen LogP contribution >= 0.6 is 23.3 Å². The maximum Gasteiger partial charge on any atom is 0.174 e. The van der Waals surface area contributed by atoms with Gasteiger partial charge in [0.05, 0.1) is 0 Å². The minimum Gasteiger partial charge on any atom is -0.310 e. The second-order valence-corrected chi connectivity index (χ2v) is 6.13. The summed E-state index contributed by atoms with van der Waals surface area (Å²) in [6, 6.07) is 9.03. The number of nitrogens with zero attached hydrogens (tertiary/aromatic N) is 2. The second-order valence-electron chi connectivity index (χ2n) is 4.06. The Morgan fingerprint density at radius 1 is 1.33 bits per heavy atom. The van der Waals surface area contributed by atoms with Crippen molar-refractivity contribution in [3.63, 3.8) is 0 Å². The normalized spacial score (nSPS) is 12.6. The third kappa shape index (κ3) is 3.54. The summed E-state index contributed by atoms with van der Waals surface area (Å²) in [6.45, 7) is 7.21. The molecule has 0 amide bonds. The largest absolute Gasteiger partial charge is 0.310 e.